The quantitative estimate of drug-likeness (QED) is 0.536. The van der Waals surface area contributed by atoms with Crippen molar-refractivity contribution in [2.75, 3.05) is 11.2 Å². The second kappa shape index (κ2) is 7.05. The summed E-state index contributed by atoms with van der Waals surface area (Å²) in [5, 5.41) is 12.4. The van der Waals surface area contributed by atoms with E-state index in [0.717, 1.165) is 11.4 Å². The van der Waals surface area contributed by atoms with Gasteiger partial charge in [0, 0.05) is 6.07 Å². The fourth-order valence-electron chi connectivity index (χ4n) is 2.97. The van der Waals surface area contributed by atoms with Crippen LogP contribution < -0.4 is 5.32 Å². The average Bonchev–Trinajstić information content (AvgIpc) is 3.27. The molecule has 0 aliphatic rings. The minimum absolute atomic E-state index is 0.145. The number of alkyl halides is 1. The van der Waals surface area contributed by atoms with Crippen LogP contribution in [-0.4, -0.2) is 41.3 Å². The van der Waals surface area contributed by atoms with Gasteiger partial charge in [0.1, 0.15) is 18.0 Å². The van der Waals surface area contributed by atoms with E-state index in [1.54, 1.807) is 21.6 Å². The maximum Gasteiger partial charge on any atom is 0.240 e. The molecule has 1 aromatic carbocycles. The van der Waals surface area contributed by atoms with Crippen LogP contribution in [0.2, 0.25) is 0 Å². The van der Waals surface area contributed by atoms with Gasteiger partial charge in [0.15, 0.2) is 11.5 Å². The van der Waals surface area contributed by atoms with Gasteiger partial charge in [-0.3, -0.25) is 4.79 Å². The molecule has 0 bridgehead atoms. The Labute approximate surface area is 166 Å². The highest BCUT2D eigenvalue weighted by molar-refractivity contribution is 6.29. The summed E-state index contributed by atoms with van der Waals surface area (Å²) in [6.07, 6.45) is 3.16. The topological polar surface area (TPSA) is 90.5 Å². The standard InChI is InChI=1S/C19H18ClN7O/c1-11-4-5-14(6-12(11)2)26-18-15(9-23-26)19(22-10-21-18)27-16(7-13(3)25-27)24-17(28)8-20/h4-7,9-10H,8H2,1-3H3,(H,24,28). The number of carbonyl (C=O) groups excluding carboxylic acids is 1. The smallest absolute Gasteiger partial charge is 0.240 e. The Hall–Kier alpha value is -3.26. The molecule has 4 aromatic rings. The summed E-state index contributed by atoms with van der Waals surface area (Å²) in [6.45, 7) is 5.96. The van der Waals surface area contributed by atoms with Crippen molar-refractivity contribution in [3.8, 4) is 11.5 Å². The number of carbonyl (C=O) groups is 1. The van der Waals surface area contributed by atoms with Crippen LogP contribution in [0.1, 0.15) is 16.8 Å². The van der Waals surface area contributed by atoms with Crippen LogP contribution in [0.25, 0.3) is 22.5 Å². The zero-order valence-corrected chi connectivity index (χ0v) is 16.4. The largest absolute Gasteiger partial charge is 0.309 e. The van der Waals surface area contributed by atoms with E-state index in [0.29, 0.717) is 22.7 Å². The highest BCUT2D eigenvalue weighted by Crippen LogP contribution is 2.24. The minimum atomic E-state index is -0.320. The molecule has 1 amide bonds. The molecule has 0 unspecified atom stereocenters. The number of hydrogen-bond donors (Lipinski definition) is 1. The summed E-state index contributed by atoms with van der Waals surface area (Å²) < 4.78 is 3.33. The molecule has 1 N–H and O–H groups in total. The van der Waals surface area contributed by atoms with Crippen LogP contribution in [0.5, 0.6) is 0 Å². The third-order valence-corrected chi connectivity index (χ3v) is 4.74. The molecular weight excluding hydrogens is 378 g/mol. The van der Waals surface area contributed by atoms with E-state index in [9.17, 15) is 4.79 Å². The Kier molecular flexibility index (Phi) is 4.56. The van der Waals surface area contributed by atoms with Crippen molar-refractivity contribution in [2.45, 2.75) is 20.8 Å². The summed E-state index contributed by atoms with van der Waals surface area (Å²) in [7, 11) is 0. The zero-order chi connectivity index (χ0) is 19.8. The number of amides is 1. The molecule has 0 spiro atoms. The maximum absolute atomic E-state index is 11.8. The van der Waals surface area contributed by atoms with Gasteiger partial charge in [-0.1, -0.05) is 6.07 Å². The third-order valence-electron chi connectivity index (χ3n) is 4.50. The Morgan fingerprint density at radius 3 is 2.68 bits per heavy atom. The van der Waals surface area contributed by atoms with Crippen molar-refractivity contribution < 1.29 is 4.79 Å². The first-order valence-electron chi connectivity index (χ1n) is 8.67. The number of aromatic nitrogens is 6. The number of aryl methyl sites for hydroxylation is 3. The summed E-state index contributed by atoms with van der Waals surface area (Å²) in [5.74, 6) is 0.549. The van der Waals surface area contributed by atoms with Gasteiger partial charge in [-0.15, -0.1) is 11.6 Å². The molecule has 3 heterocycles. The number of halogens is 1. The predicted molar refractivity (Wildman–Crippen MR) is 107 cm³/mol. The van der Waals surface area contributed by atoms with Crippen LogP contribution in [-0.2, 0) is 4.79 Å². The van der Waals surface area contributed by atoms with Gasteiger partial charge in [0.05, 0.1) is 23.0 Å². The van der Waals surface area contributed by atoms with E-state index >= 15 is 0 Å². The van der Waals surface area contributed by atoms with Crippen LogP contribution >= 0.6 is 11.6 Å². The van der Waals surface area contributed by atoms with Gasteiger partial charge in [-0.2, -0.15) is 14.9 Å². The van der Waals surface area contributed by atoms with Crippen LogP contribution in [0.15, 0.2) is 36.8 Å². The Morgan fingerprint density at radius 2 is 1.93 bits per heavy atom. The predicted octanol–water partition coefficient (Wildman–Crippen LogP) is 3.10. The van der Waals surface area contributed by atoms with E-state index in [2.05, 4.69) is 51.5 Å². The van der Waals surface area contributed by atoms with Crippen molar-refractivity contribution in [1.82, 2.24) is 29.5 Å². The van der Waals surface area contributed by atoms with Gasteiger partial charge in [-0.05, 0) is 44.0 Å². The number of benzene rings is 1. The van der Waals surface area contributed by atoms with Gasteiger partial charge in [0.25, 0.3) is 0 Å². The molecule has 4 rings (SSSR count). The SMILES string of the molecule is Cc1cc(NC(=O)CCl)n(-c2ncnc3c2cnn3-c2ccc(C)c(C)c2)n1. The van der Waals surface area contributed by atoms with Crippen molar-refractivity contribution in [3.63, 3.8) is 0 Å². The van der Waals surface area contributed by atoms with E-state index in [4.69, 9.17) is 11.6 Å². The van der Waals surface area contributed by atoms with Crippen LogP contribution in [0, 0.1) is 20.8 Å². The fourth-order valence-corrected chi connectivity index (χ4v) is 3.04. The molecule has 8 nitrogen and oxygen atoms in total. The maximum atomic E-state index is 11.8. The van der Waals surface area contributed by atoms with Gasteiger partial charge in [0.2, 0.25) is 5.91 Å². The Morgan fingerprint density at radius 1 is 1.11 bits per heavy atom. The molecule has 0 saturated carbocycles. The molecular formula is C19H18ClN7O. The van der Waals surface area contributed by atoms with Gasteiger partial charge < -0.3 is 5.32 Å². The zero-order valence-electron chi connectivity index (χ0n) is 15.6. The van der Waals surface area contributed by atoms with E-state index in [1.807, 2.05) is 13.0 Å². The van der Waals surface area contributed by atoms with Gasteiger partial charge in [-0.25, -0.2) is 14.6 Å². The molecule has 3 aromatic heterocycles. The first kappa shape index (κ1) is 18.1. The van der Waals surface area contributed by atoms with E-state index < -0.39 is 0 Å². The Bertz CT molecular complexity index is 1190. The summed E-state index contributed by atoms with van der Waals surface area (Å²) in [6, 6.07) is 7.87. The summed E-state index contributed by atoms with van der Waals surface area (Å²) in [5.41, 5.74) is 4.68. The molecule has 9 heteroatoms. The minimum Gasteiger partial charge on any atom is -0.309 e. The molecule has 0 fully saturated rings. The van der Waals surface area contributed by atoms with Crippen LogP contribution in [0.4, 0.5) is 5.82 Å². The molecule has 0 aliphatic carbocycles. The summed E-state index contributed by atoms with van der Waals surface area (Å²) >= 11 is 5.62. The molecule has 0 atom stereocenters. The number of nitrogens with zero attached hydrogens (tertiary/aromatic N) is 6. The molecule has 28 heavy (non-hydrogen) atoms. The first-order valence-corrected chi connectivity index (χ1v) is 9.20. The lowest BCUT2D eigenvalue weighted by atomic mass is 10.1. The highest BCUT2D eigenvalue weighted by Gasteiger charge is 2.17. The summed E-state index contributed by atoms with van der Waals surface area (Å²) in [4.78, 5) is 20.5. The fraction of sp³-hybridized carbons (Fsp3) is 0.211. The van der Waals surface area contributed by atoms with Gasteiger partial charge >= 0.3 is 0 Å². The molecule has 0 aliphatic heterocycles. The number of anilines is 1. The molecule has 0 saturated heterocycles. The monoisotopic (exact) mass is 395 g/mol. The normalized spacial score (nSPS) is 11.1. The highest BCUT2D eigenvalue weighted by atomic mass is 35.5. The number of rotatable bonds is 4. The number of hydrogen-bond acceptors (Lipinski definition) is 5. The van der Waals surface area contributed by atoms with Crippen molar-refractivity contribution >= 4 is 34.4 Å². The van der Waals surface area contributed by atoms with E-state index in [-0.39, 0.29) is 11.8 Å². The lowest BCUT2D eigenvalue weighted by Crippen LogP contribution is -2.16. The molecule has 0 radical (unpaired) electrons. The third kappa shape index (κ3) is 3.11. The Balaban J connectivity index is 1.86. The number of fused-ring (bicyclic) bond motifs is 1. The lowest BCUT2D eigenvalue weighted by molar-refractivity contribution is -0.114. The van der Waals surface area contributed by atoms with Crippen LogP contribution in [0.3, 0.4) is 0 Å². The second-order valence-electron chi connectivity index (χ2n) is 6.52. The number of nitrogens with one attached hydrogen (secondary N) is 1. The lowest BCUT2D eigenvalue weighted by Gasteiger charge is -2.09. The van der Waals surface area contributed by atoms with Crippen molar-refractivity contribution in [3.05, 3.63) is 53.6 Å². The first-order chi connectivity index (χ1) is 13.5. The second-order valence-corrected chi connectivity index (χ2v) is 6.79. The molecule has 142 valence electrons. The van der Waals surface area contributed by atoms with Crippen molar-refractivity contribution in [2.24, 2.45) is 0 Å². The van der Waals surface area contributed by atoms with Crippen molar-refractivity contribution in [1.29, 1.82) is 0 Å². The average molecular weight is 396 g/mol. The van der Waals surface area contributed by atoms with E-state index in [1.165, 1.54) is 17.5 Å².